The first-order valence-electron chi connectivity index (χ1n) is 6.57. The lowest BCUT2D eigenvalue weighted by molar-refractivity contribution is -0.0501. The molecule has 0 heterocycles. The van der Waals surface area contributed by atoms with Gasteiger partial charge in [-0.05, 0) is 36.8 Å². The normalized spacial score (nSPS) is 12.0. The minimum Gasteiger partial charge on any atom is -0.434 e. The number of ether oxygens (including phenoxy) is 1. The number of alkyl halides is 2. The predicted molar refractivity (Wildman–Crippen MR) is 80.4 cm³/mol. The summed E-state index contributed by atoms with van der Waals surface area (Å²) in [6.45, 7) is -1.19. The largest absolute Gasteiger partial charge is 0.434 e. The van der Waals surface area contributed by atoms with E-state index in [0.717, 1.165) is 5.56 Å². The minimum absolute atomic E-state index is 0.0589. The van der Waals surface area contributed by atoms with Gasteiger partial charge in [-0.3, -0.25) is 4.79 Å². The summed E-state index contributed by atoms with van der Waals surface area (Å²) in [5.41, 5.74) is 0.911. The van der Waals surface area contributed by atoms with Crippen LogP contribution in [0.1, 0.15) is 28.9 Å². The Morgan fingerprint density at radius 1 is 1.14 bits per heavy atom. The Morgan fingerprint density at radius 3 is 2.41 bits per heavy atom. The molecule has 116 valence electrons. The monoisotopic (exact) mass is 325 g/mol. The van der Waals surface area contributed by atoms with Crippen molar-refractivity contribution < 1.29 is 18.3 Å². The van der Waals surface area contributed by atoms with Crippen molar-refractivity contribution in [1.29, 1.82) is 0 Å². The van der Waals surface area contributed by atoms with Gasteiger partial charge in [0.1, 0.15) is 5.75 Å². The zero-order chi connectivity index (χ0) is 16.1. The highest BCUT2D eigenvalue weighted by Crippen LogP contribution is 2.22. The van der Waals surface area contributed by atoms with Crippen LogP contribution in [0, 0.1) is 0 Å². The van der Waals surface area contributed by atoms with Crippen molar-refractivity contribution in [2.75, 3.05) is 0 Å². The molecule has 2 aromatic rings. The number of hydrogen-bond acceptors (Lipinski definition) is 2. The number of benzene rings is 2. The van der Waals surface area contributed by atoms with Gasteiger partial charge in [0.2, 0.25) is 0 Å². The molecule has 0 aliphatic rings. The average molecular weight is 326 g/mol. The summed E-state index contributed by atoms with van der Waals surface area (Å²) in [5.74, 6) is -0.642. The standard InChI is InChI=1S/C16H14ClF2NO2/c1-10(11-6-8-12(17)9-7-11)20-15(21)13-4-2-3-5-14(13)22-16(18)19/h2-10,16H,1H3,(H,20,21). The molecule has 0 fully saturated rings. The van der Waals surface area contributed by atoms with Crippen molar-refractivity contribution in [1.82, 2.24) is 5.32 Å². The summed E-state index contributed by atoms with van der Waals surface area (Å²) in [6, 6.07) is 12.6. The Balaban J connectivity index is 2.13. The molecule has 2 aromatic carbocycles. The lowest BCUT2D eigenvalue weighted by Gasteiger charge is -2.16. The molecule has 1 amide bonds. The van der Waals surface area contributed by atoms with Gasteiger partial charge in [-0.2, -0.15) is 8.78 Å². The van der Waals surface area contributed by atoms with Crippen LogP contribution < -0.4 is 10.1 Å². The molecule has 6 heteroatoms. The molecule has 0 aromatic heterocycles. The zero-order valence-electron chi connectivity index (χ0n) is 11.7. The molecule has 0 bridgehead atoms. The number of carbonyl (C=O) groups excluding carboxylic acids is 1. The third kappa shape index (κ3) is 4.18. The fourth-order valence-corrected chi connectivity index (χ4v) is 2.09. The third-order valence-corrected chi connectivity index (χ3v) is 3.32. The quantitative estimate of drug-likeness (QED) is 0.883. The van der Waals surface area contributed by atoms with Crippen LogP contribution in [0.25, 0.3) is 0 Å². The van der Waals surface area contributed by atoms with Crippen LogP contribution in [0.3, 0.4) is 0 Å². The lowest BCUT2D eigenvalue weighted by atomic mass is 10.1. The van der Waals surface area contributed by atoms with Gasteiger partial charge in [-0.15, -0.1) is 0 Å². The number of nitrogens with one attached hydrogen (secondary N) is 1. The van der Waals surface area contributed by atoms with Gasteiger partial charge in [0, 0.05) is 5.02 Å². The number of halogens is 3. The molecule has 3 nitrogen and oxygen atoms in total. The van der Waals surface area contributed by atoms with Crippen molar-refractivity contribution in [2.24, 2.45) is 0 Å². The van der Waals surface area contributed by atoms with Crippen LogP contribution >= 0.6 is 11.6 Å². The van der Waals surface area contributed by atoms with E-state index in [-0.39, 0.29) is 17.4 Å². The second-order valence-corrected chi connectivity index (χ2v) is 5.06. The smallest absolute Gasteiger partial charge is 0.387 e. The first-order valence-corrected chi connectivity index (χ1v) is 6.95. The number of amides is 1. The van der Waals surface area contributed by atoms with E-state index >= 15 is 0 Å². The molecule has 1 atom stereocenters. The van der Waals surface area contributed by atoms with Crippen LogP contribution in [0.15, 0.2) is 48.5 Å². The number of para-hydroxylation sites is 1. The van der Waals surface area contributed by atoms with Crippen LogP contribution in [0.4, 0.5) is 8.78 Å². The second kappa shape index (κ2) is 7.22. The summed E-state index contributed by atoms with van der Waals surface area (Å²) in [5, 5.41) is 3.33. The highest BCUT2D eigenvalue weighted by atomic mass is 35.5. The van der Waals surface area contributed by atoms with Crippen molar-refractivity contribution >= 4 is 17.5 Å². The van der Waals surface area contributed by atoms with E-state index in [1.807, 2.05) is 0 Å². The first-order chi connectivity index (χ1) is 10.5. The van der Waals surface area contributed by atoms with Crippen LogP contribution in [-0.4, -0.2) is 12.5 Å². The third-order valence-electron chi connectivity index (χ3n) is 3.07. The summed E-state index contributed by atoms with van der Waals surface area (Å²) in [4.78, 5) is 12.2. The average Bonchev–Trinajstić information content (AvgIpc) is 2.47. The SMILES string of the molecule is CC(NC(=O)c1ccccc1OC(F)F)c1ccc(Cl)cc1. The molecule has 1 N–H and O–H groups in total. The van der Waals surface area contributed by atoms with E-state index in [9.17, 15) is 13.6 Å². The minimum atomic E-state index is -2.98. The van der Waals surface area contributed by atoms with E-state index in [1.54, 1.807) is 37.3 Å². The van der Waals surface area contributed by atoms with Crippen molar-refractivity contribution in [3.63, 3.8) is 0 Å². The summed E-state index contributed by atoms with van der Waals surface area (Å²) >= 11 is 5.81. The summed E-state index contributed by atoms with van der Waals surface area (Å²) in [6.07, 6.45) is 0. The molecule has 0 saturated heterocycles. The van der Waals surface area contributed by atoms with Gasteiger partial charge in [-0.1, -0.05) is 35.9 Å². The van der Waals surface area contributed by atoms with Crippen molar-refractivity contribution in [3.05, 3.63) is 64.7 Å². The van der Waals surface area contributed by atoms with E-state index in [0.29, 0.717) is 5.02 Å². The lowest BCUT2D eigenvalue weighted by Crippen LogP contribution is -2.27. The van der Waals surface area contributed by atoms with Crippen molar-refractivity contribution in [2.45, 2.75) is 19.6 Å². The van der Waals surface area contributed by atoms with E-state index in [4.69, 9.17) is 11.6 Å². The molecule has 0 aliphatic carbocycles. The van der Waals surface area contributed by atoms with Crippen LogP contribution in [-0.2, 0) is 0 Å². The van der Waals surface area contributed by atoms with E-state index < -0.39 is 12.5 Å². The molecule has 22 heavy (non-hydrogen) atoms. The first kappa shape index (κ1) is 16.2. The number of hydrogen-bond donors (Lipinski definition) is 1. The van der Waals surface area contributed by atoms with E-state index in [1.165, 1.54) is 18.2 Å². The zero-order valence-corrected chi connectivity index (χ0v) is 12.5. The van der Waals surface area contributed by atoms with Gasteiger partial charge >= 0.3 is 6.61 Å². The highest BCUT2D eigenvalue weighted by molar-refractivity contribution is 6.30. The van der Waals surface area contributed by atoms with Gasteiger partial charge in [0.05, 0.1) is 11.6 Å². The fraction of sp³-hybridized carbons (Fsp3) is 0.188. The second-order valence-electron chi connectivity index (χ2n) is 4.62. The van der Waals surface area contributed by atoms with Crippen LogP contribution in [0.5, 0.6) is 5.75 Å². The number of carbonyl (C=O) groups is 1. The molecule has 0 aliphatic heterocycles. The Bertz CT molecular complexity index is 647. The molecule has 0 saturated carbocycles. The number of rotatable bonds is 5. The maximum absolute atomic E-state index is 12.4. The molecule has 0 spiro atoms. The van der Waals surface area contributed by atoms with Gasteiger partial charge in [-0.25, -0.2) is 0 Å². The van der Waals surface area contributed by atoms with Crippen LogP contribution in [0.2, 0.25) is 5.02 Å². The summed E-state index contributed by atoms with van der Waals surface area (Å²) in [7, 11) is 0. The Hall–Kier alpha value is -2.14. The van der Waals surface area contributed by atoms with Gasteiger partial charge in [0.25, 0.3) is 5.91 Å². The summed E-state index contributed by atoms with van der Waals surface area (Å²) < 4.78 is 29.1. The molecule has 2 rings (SSSR count). The van der Waals surface area contributed by atoms with E-state index in [2.05, 4.69) is 10.1 Å². The fourth-order valence-electron chi connectivity index (χ4n) is 1.96. The predicted octanol–water partition coefficient (Wildman–Crippen LogP) is 4.43. The Kier molecular flexibility index (Phi) is 5.33. The maximum Gasteiger partial charge on any atom is 0.387 e. The van der Waals surface area contributed by atoms with Gasteiger partial charge < -0.3 is 10.1 Å². The van der Waals surface area contributed by atoms with Gasteiger partial charge in [0.15, 0.2) is 0 Å². The maximum atomic E-state index is 12.4. The molecule has 1 unspecified atom stereocenters. The Labute approximate surface area is 131 Å². The molecular formula is C16H14ClF2NO2. The molecule has 0 radical (unpaired) electrons. The molecular weight excluding hydrogens is 312 g/mol. The topological polar surface area (TPSA) is 38.3 Å². The Morgan fingerprint density at radius 2 is 1.77 bits per heavy atom. The highest BCUT2D eigenvalue weighted by Gasteiger charge is 2.17. The van der Waals surface area contributed by atoms with Crippen molar-refractivity contribution in [3.8, 4) is 5.75 Å².